The van der Waals surface area contributed by atoms with Crippen LogP contribution in [-0.4, -0.2) is 55.7 Å². The number of rotatable bonds is 4. The second-order valence-corrected chi connectivity index (χ2v) is 7.39. The van der Waals surface area contributed by atoms with E-state index in [1.807, 2.05) is 24.4 Å². The van der Waals surface area contributed by atoms with Gasteiger partial charge in [0, 0.05) is 44.4 Å². The second-order valence-electron chi connectivity index (χ2n) is 7.39. The predicted molar refractivity (Wildman–Crippen MR) is 127 cm³/mol. The number of nitrogens with zero attached hydrogens (tertiary/aromatic N) is 4. The molecular formula is C21H29IN6O. The first-order valence-corrected chi connectivity index (χ1v) is 9.85. The maximum atomic E-state index is 6.13. The van der Waals surface area contributed by atoms with E-state index in [9.17, 15) is 0 Å². The highest BCUT2D eigenvalue weighted by Crippen LogP contribution is 2.31. The zero-order valence-corrected chi connectivity index (χ0v) is 19.1. The number of halogens is 1. The third kappa shape index (κ3) is 5.51. The molecule has 7 nitrogen and oxygen atoms in total. The smallest absolute Gasteiger partial charge is 0.189 e. The summed E-state index contributed by atoms with van der Waals surface area (Å²) in [4.78, 5) is 13.8. The number of guanidine groups is 1. The Morgan fingerprint density at radius 3 is 2.76 bits per heavy atom. The minimum absolute atomic E-state index is 0. The highest BCUT2D eigenvalue weighted by Gasteiger charge is 2.21. The summed E-state index contributed by atoms with van der Waals surface area (Å²) in [6.45, 7) is 5.38. The molecule has 2 aliphatic rings. The monoisotopic (exact) mass is 508 g/mol. The molecule has 0 amide bonds. The van der Waals surface area contributed by atoms with Crippen LogP contribution in [0.5, 0.6) is 5.75 Å². The molecule has 1 fully saturated rings. The number of fused-ring (bicyclic) bond motifs is 1. The summed E-state index contributed by atoms with van der Waals surface area (Å²) >= 11 is 0. The van der Waals surface area contributed by atoms with Crippen LogP contribution in [-0.2, 0) is 6.54 Å². The Morgan fingerprint density at radius 2 is 2.00 bits per heavy atom. The Hall–Kier alpha value is -2.07. The van der Waals surface area contributed by atoms with E-state index >= 15 is 0 Å². The van der Waals surface area contributed by atoms with Gasteiger partial charge in [0.2, 0.25) is 0 Å². The number of likely N-dealkylation sites (N-methyl/N-ethyl adjacent to an activating group) is 1. The Bertz CT molecular complexity index is 820. The molecule has 3 N–H and O–H groups in total. The molecule has 0 spiro atoms. The molecule has 3 heterocycles. The Morgan fingerprint density at radius 1 is 1.21 bits per heavy atom. The van der Waals surface area contributed by atoms with Crippen LogP contribution in [0, 0.1) is 0 Å². The van der Waals surface area contributed by atoms with Gasteiger partial charge >= 0.3 is 0 Å². The molecule has 1 aromatic heterocycles. The summed E-state index contributed by atoms with van der Waals surface area (Å²) in [6.07, 6.45) is 2.77. The lowest BCUT2D eigenvalue weighted by Gasteiger charge is -2.33. The van der Waals surface area contributed by atoms with Crippen molar-refractivity contribution in [2.75, 3.05) is 44.7 Å². The molecule has 0 bridgehead atoms. The summed E-state index contributed by atoms with van der Waals surface area (Å²) < 4.78 is 5.70. The SMILES string of the molecule is CN1CCN(c2ccc(CN=C(N)NC3CCOc4ccccc43)cn2)CC1.I. The van der Waals surface area contributed by atoms with Crippen LogP contribution >= 0.6 is 24.0 Å². The fraction of sp³-hybridized carbons (Fsp3) is 0.429. The molecule has 29 heavy (non-hydrogen) atoms. The second kappa shape index (κ2) is 10.1. The zero-order chi connectivity index (χ0) is 19.3. The molecule has 2 aliphatic heterocycles. The quantitative estimate of drug-likeness (QED) is 0.375. The number of hydrogen-bond donors (Lipinski definition) is 2. The van der Waals surface area contributed by atoms with Crippen molar-refractivity contribution in [3.05, 3.63) is 53.7 Å². The molecule has 156 valence electrons. The van der Waals surface area contributed by atoms with E-state index < -0.39 is 0 Å². The molecule has 4 rings (SSSR count). The van der Waals surface area contributed by atoms with Crippen LogP contribution in [0.4, 0.5) is 5.82 Å². The predicted octanol–water partition coefficient (Wildman–Crippen LogP) is 2.38. The van der Waals surface area contributed by atoms with Gasteiger partial charge in [0.1, 0.15) is 11.6 Å². The minimum atomic E-state index is 0. The molecular weight excluding hydrogens is 479 g/mol. The highest BCUT2D eigenvalue weighted by atomic mass is 127. The maximum absolute atomic E-state index is 6.13. The Kier molecular flexibility index (Phi) is 7.54. The van der Waals surface area contributed by atoms with Gasteiger partial charge < -0.3 is 25.6 Å². The largest absolute Gasteiger partial charge is 0.493 e. The van der Waals surface area contributed by atoms with Crippen molar-refractivity contribution in [3.8, 4) is 5.75 Å². The average Bonchev–Trinajstić information content (AvgIpc) is 2.74. The molecule has 0 aliphatic carbocycles. The van der Waals surface area contributed by atoms with E-state index in [4.69, 9.17) is 10.5 Å². The average molecular weight is 508 g/mol. The number of piperazine rings is 1. The van der Waals surface area contributed by atoms with E-state index in [1.165, 1.54) is 0 Å². The molecule has 1 unspecified atom stereocenters. The van der Waals surface area contributed by atoms with Crippen molar-refractivity contribution in [3.63, 3.8) is 0 Å². The zero-order valence-electron chi connectivity index (χ0n) is 16.8. The molecule has 1 atom stereocenters. The first kappa shape index (κ1) is 21.6. The molecule has 8 heteroatoms. The van der Waals surface area contributed by atoms with E-state index in [0.717, 1.165) is 55.3 Å². The normalized spacial score (nSPS) is 19.7. The van der Waals surface area contributed by atoms with Crippen LogP contribution in [0.15, 0.2) is 47.6 Å². The lowest BCUT2D eigenvalue weighted by molar-refractivity contribution is 0.262. The van der Waals surface area contributed by atoms with Crippen molar-refractivity contribution in [2.45, 2.75) is 19.0 Å². The molecule has 1 aromatic carbocycles. The number of aromatic nitrogens is 1. The third-order valence-electron chi connectivity index (χ3n) is 5.35. The van der Waals surface area contributed by atoms with Gasteiger partial charge in [-0.3, -0.25) is 0 Å². The summed E-state index contributed by atoms with van der Waals surface area (Å²) in [5, 5.41) is 3.33. The number of anilines is 1. The van der Waals surface area contributed by atoms with Crippen LogP contribution in [0.3, 0.4) is 0 Å². The van der Waals surface area contributed by atoms with E-state index in [2.05, 4.69) is 50.3 Å². The van der Waals surface area contributed by atoms with Gasteiger partial charge in [-0.05, 0) is 24.7 Å². The van der Waals surface area contributed by atoms with E-state index in [0.29, 0.717) is 19.1 Å². The number of para-hydroxylation sites is 1. The van der Waals surface area contributed by atoms with E-state index in [-0.39, 0.29) is 30.0 Å². The van der Waals surface area contributed by atoms with Gasteiger partial charge in [0.05, 0.1) is 19.2 Å². The van der Waals surface area contributed by atoms with Crippen LogP contribution < -0.4 is 20.7 Å². The van der Waals surface area contributed by atoms with Crippen molar-refractivity contribution < 1.29 is 4.74 Å². The number of pyridine rings is 1. The first-order valence-electron chi connectivity index (χ1n) is 9.85. The highest BCUT2D eigenvalue weighted by molar-refractivity contribution is 14.0. The number of nitrogens with one attached hydrogen (secondary N) is 1. The Balaban J connectivity index is 0.00000240. The molecule has 0 radical (unpaired) electrons. The lowest BCUT2D eigenvalue weighted by atomic mass is 10.0. The number of ether oxygens (including phenoxy) is 1. The van der Waals surface area contributed by atoms with Crippen molar-refractivity contribution >= 4 is 35.8 Å². The fourth-order valence-electron chi connectivity index (χ4n) is 3.63. The molecule has 0 saturated carbocycles. The number of hydrogen-bond acceptors (Lipinski definition) is 5. The van der Waals surface area contributed by atoms with Gasteiger partial charge in [-0.1, -0.05) is 24.3 Å². The van der Waals surface area contributed by atoms with Crippen molar-refractivity contribution in [2.24, 2.45) is 10.7 Å². The van der Waals surface area contributed by atoms with Gasteiger partial charge in [0.25, 0.3) is 0 Å². The molecule has 1 saturated heterocycles. The Labute approximate surface area is 189 Å². The van der Waals surface area contributed by atoms with Crippen LogP contribution in [0.1, 0.15) is 23.6 Å². The van der Waals surface area contributed by atoms with Crippen molar-refractivity contribution in [1.82, 2.24) is 15.2 Å². The summed E-state index contributed by atoms with van der Waals surface area (Å²) in [6, 6.07) is 12.4. The summed E-state index contributed by atoms with van der Waals surface area (Å²) in [7, 11) is 2.16. The lowest BCUT2D eigenvalue weighted by Crippen LogP contribution is -2.44. The first-order chi connectivity index (χ1) is 13.7. The summed E-state index contributed by atoms with van der Waals surface area (Å²) in [5.41, 5.74) is 8.31. The number of aliphatic imine (C=N–C) groups is 1. The van der Waals surface area contributed by atoms with Crippen LogP contribution in [0.25, 0.3) is 0 Å². The maximum Gasteiger partial charge on any atom is 0.189 e. The topological polar surface area (TPSA) is 79.0 Å². The van der Waals surface area contributed by atoms with E-state index in [1.54, 1.807) is 0 Å². The standard InChI is InChI=1S/C21H28N6O.HI/c1-26-9-11-27(12-10-26)20-7-6-16(14-23-20)15-24-21(22)25-18-8-13-28-19-5-3-2-4-17(18)19;/h2-7,14,18H,8-13,15H2,1H3,(H3,22,24,25);1H. The van der Waals surface area contributed by atoms with Gasteiger partial charge in [-0.2, -0.15) is 0 Å². The van der Waals surface area contributed by atoms with Gasteiger partial charge in [-0.15, -0.1) is 24.0 Å². The number of nitrogens with two attached hydrogens (primary N) is 1. The fourth-order valence-corrected chi connectivity index (χ4v) is 3.63. The van der Waals surface area contributed by atoms with Crippen molar-refractivity contribution in [1.29, 1.82) is 0 Å². The molecule has 2 aromatic rings. The van der Waals surface area contributed by atoms with Gasteiger partial charge in [0.15, 0.2) is 5.96 Å². The minimum Gasteiger partial charge on any atom is -0.493 e. The van der Waals surface area contributed by atoms with Crippen LogP contribution in [0.2, 0.25) is 0 Å². The summed E-state index contributed by atoms with van der Waals surface area (Å²) in [5.74, 6) is 2.40. The van der Waals surface area contributed by atoms with Gasteiger partial charge in [-0.25, -0.2) is 9.98 Å². The third-order valence-corrected chi connectivity index (χ3v) is 5.35. The number of benzene rings is 1.